The van der Waals surface area contributed by atoms with E-state index in [0.717, 1.165) is 34.1 Å². The Kier molecular flexibility index (Phi) is 7.12. The Labute approximate surface area is 260 Å². The van der Waals surface area contributed by atoms with Gasteiger partial charge in [-0.3, -0.25) is 0 Å². The Morgan fingerprint density at radius 1 is 0.273 bits per heavy atom. The first-order chi connectivity index (χ1) is 21.4. The lowest BCUT2D eigenvalue weighted by Crippen LogP contribution is -2.10. The van der Waals surface area contributed by atoms with Crippen LogP contribution >= 0.6 is 0 Å². The summed E-state index contributed by atoms with van der Waals surface area (Å²) in [6, 6.07) is 53.3. The van der Waals surface area contributed by atoms with E-state index >= 15 is 0 Å². The van der Waals surface area contributed by atoms with Crippen LogP contribution in [0.25, 0.3) is 21.5 Å². The Hall–Kier alpha value is -5.34. The summed E-state index contributed by atoms with van der Waals surface area (Å²) in [5.41, 5.74) is 11.9. The zero-order valence-electron chi connectivity index (χ0n) is 25.8. The number of nitrogens with zero attached hydrogens (tertiary/aromatic N) is 2. The van der Waals surface area contributed by atoms with Crippen molar-refractivity contribution in [2.75, 3.05) is 9.80 Å². The number of benzene rings is 7. The summed E-state index contributed by atoms with van der Waals surface area (Å²) in [6.07, 6.45) is 0. The molecule has 44 heavy (non-hydrogen) atoms. The molecule has 0 aliphatic rings. The highest BCUT2D eigenvalue weighted by atomic mass is 15.1. The first-order valence-corrected chi connectivity index (χ1v) is 15.3. The van der Waals surface area contributed by atoms with E-state index in [0.29, 0.717) is 0 Å². The van der Waals surface area contributed by atoms with E-state index in [1.165, 1.54) is 43.8 Å². The fourth-order valence-electron chi connectivity index (χ4n) is 5.99. The van der Waals surface area contributed by atoms with Crippen molar-refractivity contribution in [3.63, 3.8) is 0 Å². The summed E-state index contributed by atoms with van der Waals surface area (Å²) in [6.45, 7) is 8.53. The highest BCUT2D eigenvalue weighted by Crippen LogP contribution is 2.40. The summed E-state index contributed by atoms with van der Waals surface area (Å²) in [5, 5.41) is 4.95. The van der Waals surface area contributed by atoms with E-state index in [-0.39, 0.29) is 0 Å². The SMILES string of the molecule is Cc1ccc(N(c2ccc(C)cc2)c2ccc3c(ccc4cc(N(c5ccc(C)cc5)c5ccc(C)cc5)ccc43)c2)cc1. The zero-order valence-corrected chi connectivity index (χ0v) is 25.8. The highest BCUT2D eigenvalue weighted by Gasteiger charge is 2.16. The smallest absolute Gasteiger partial charge is 0.0468 e. The number of rotatable bonds is 6. The number of aryl methyl sites for hydroxylation is 4. The van der Waals surface area contributed by atoms with E-state index < -0.39 is 0 Å². The highest BCUT2D eigenvalue weighted by molar-refractivity contribution is 6.09. The molecule has 0 atom stereocenters. The molecule has 0 N–H and O–H groups in total. The van der Waals surface area contributed by atoms with Crippen LogP contribution in [0.4, 0.5) is 34.1 Å². The van der Waals surface area contributed by atoms with Crippen LogP contribution in [0.3, 0.4) is 0 Å². The van der Waals surface area contributed by atoms with Gasteiger partial charge in [-0.2, -0.15) is 0 Å². The molecule has 0 spiro atoms. The molecule has 7 aromatic carbocycles. The van der Waals surface area contributed by atoms with Crippen molar-refractivity contribution in [3.05, 3.63) is 168 Å². The van der Waals surface area contributed by atoms with Gasteiger partial charge in [0.15, 0.2) is 0 Å². The number of anilines is 6. The largest absolute Gasteiger partial charge is 0.310 e. The van der Waals surface area contributed by atoms with Crippen LogP contribution in [0, 0.1) is 27.7 Å². The minimum atomic E-state index is 1.14. The molecule has 0 aliphatic carbocycles. The van der Waals surface area contributed by atoms with Gasteiger partial charge in [0.1, 0.15) is 0 Å². The molecule has 0 saturated carbocycles. The van der Waals surface area contributed by atoms with Gasteiger partial charge in [0.25, 0.3) is 0 Å². The Morgan fingerprint density at radius 2 is 0.523 bits per heavy atom. The zero-order chi connectivity index (χ0) is 30.2. The molecule has 0 bridgehead atoms. The standard InChI is InChI=1S/C42H36N2/c1-29-5-15-35(16-6-29)43(36-17-7-30(2)8-18-36)39-23-25-41-33(27-39)13-14-34-28-40(24-26-42(34)41)44(37-19-9-31(3)10-20-37)38-21-11-32(4)12-22-38/h5-28H,1-4H3. The van der Waals surface area contributed by atoms with Gasteiger partial charge in [-0.1, -0.05) is 95.1 Å². The number of fused-ring (bicyclic) bond motifs is 3. The Morgan fingerprint density at radius 3 is 0.795 bits per heavy atom. The lowest BCUT2D eigenvalue weighted by molar-refractivity contribution is 1.27. The fraction of sp³-hybridized carbons (Fsp3) is 0.0952. The summed E-state index contributed by atoms with van der Waals surface area (Å²) in [7, 11) is 0. The van der Waals surface area contributed by atoms with Gasteiger partial charge in [0.2, 0.25) is 0 Å². The Balaban J connectivity index is 1.32. The first kappa shape index (κ1) is 27.5. The van der Waals surface area contributed by atoms with Gasteiger partial charge in [-0.25, -0.2) is 0 Å². The van der Waals surface area contributed by atoms with E-state index in [1.807, 2.05) is 0 Å². The lowest BCUT2D eigenvalue weighted by atomic mass is 10.00. The maximum absolute atomic E-state index is 2.34. The average Bonchev–Trinajstić information content (AvgIpc) is 3.04. The maximum atomic E-state index is 2.34. The molecule has 0 amide bonds. The van der Waals surface area contributed by atoms with E-state index in [2.05, 4.69) is 183 Å². The maximum Gasteiger partial charge on any atom is 0.0468 e. The topological polar surface area (TPSA) is 6.48 Å². The van der Waals surface area contributed by atoms with Crippen molar-refractivity contribution in [1.29, 1.82) is 0 Å². The van der Waals surface area contributed by atoms with Gasteiger partial charge in [-0.15, -0.1) is 0 Å². The molecule has 2 heteroatoms. The summed E-state index contributed by atoms with van der Waals surface area (Å²) in [4.78, 5) is 4.68. The molecule has 7 rings (SSSR count). The molecule has 0 heterocycles. The molecule has 7 aromatic rings. The number of hydrogen-bond donors (Lipinski definition) is 0. The van der Waals surface area contributed by atoms with Crippen LogP contribution in [-0.2, 0) is 0 Å². The fourth-order valence-corrected chi connectivity index (χ4v) is 5.99. The molecular formula is C42H36N2. The third kappa shape index (κ3) is 5.31. The van der Waals surface area contributed by atoms with Crippen LogP contribution < -0.4 is 9.80 Å². The van der Waals surface area contributed by atoms with Crippen molar-refractivity contribution >= 4 is 55.7 Å². The first-order valence-electron chi connectivity index (χ1n) is 15.3. The van der Waals surface area contributed by atoms with Crippen molar-refractivity contribution < 1.29 is 0 Å². The molecule has 0 radical (unpaired) electrons. The van der Waals surface area contributed by atoms with Gasteiger partial charge < -0.3 is 9.80 Å². The molecular weight excluding hydrogens is 532 g/mol. The molecule has 214 valence electrons. The molecule has 0 unspecified atom stereocenters. The quantitative estimate of drug-likeness (QED) is 0.184. The van der Waals surface area contributed by atoms with E-state index in [4.69, 9.17) is 0 Å². The predicted molar refractivity (Wildman–Crippen MR) is 190 cm³/mol. The summed E-state index contributed by atoms with van der Waals surface area (Å²) < 4.78 is 0. The van der Waals surface area contributed by atoms with Crippen LogP contribution in [0.1, 0.15) is 22.3 Å². The molecule has 0 saturated heterocycles. The minimum Gasteiger partial charge on any atom is -0.310 e. The van der Waals surface area contributed by atoms with E-state index in [1.54, 1.807) is 0 Å². The van der Waals surface area contributed by atoms with Gasteiger partial charge >= 0.3 is 0 Å². The molecule has 0 aromatic heterocycles. The van der Waals surface area contributed by atoms with Gasteiger partial charge in [-0.05, 0) is 122 Å². The van der Waals surface area contributed by atoms with Crippen molar-refractivity contribution in [3.8, 4) is 0 Å². The molecule has 0 aliphatic heterocycles. The third-order valence-corrected chi connectivity index (χ3v) is 8.49. The van der Waals surface area contributed by atoms with Crippen LogP contribution in [0.15, 0.2) is 146 Å². The van der Waals surface area contributed by atoms with Gasteiger partial charge in [0, 0.05) is 34.1 Å². The second-order valence-corrected chi connectivity index (χ2v) is 11.9. The van der Waals surface area contributed by atoms with Crippen molar-refractivity contribution in [1.82, 2.24) is 0 Å². The van der Waals surface area contributed by atoms with Gasteiger partial charge in [0.05, 0.1) is 0 Å². The minimum absolute atomic E-state index is 1.14. The van der Waals surface area contributed by atoms with Crippen molar-refractivity contribution in [2.24, 2.45) is 0 Å². The average molecular weight is 569 g/mol. The summed E-state index contributed by atoms with van der Waals surface area (Å²) >= 11 is 0. The molecule has 0 fully saturated rings. The second-order valence-electron chi connectivity index (χ2n) is 11.9. The van der Waals surface area contributed by atoms with Crippen molar-refractivity contribution in [2.45, 2.75) is 27.7 Å². The third-order valence-electron chi connectivity index (χ3n) is 8.49. The second kappa shape index (κ2) is 11.4. The monoisotopic (exact) mass is 568 g/mol. The van der Waals surface area contributed by atoms with Crippen LogP contribution in [0.5, 0.6) is 0 Å². The van der Waals surface area contributed by atoms with Crippen LogP contribution in [0.2, 0.25) is 0 Å². The van der Waals surface area contributed by atoms with E-state index in [9.17, 15) is 0 Å². The predicted octanol–water partition coefficient (Wildman–Crippen LogP) is 12.2. The lowest BCUT2D eigenvalue weighted by Gasteiger charge is -2.27. The molecule has 2 nitrogen and oxygen atoms in total. The number of hydrogen-bond acceptors (Lipinski definition) is 2. The summed E-state index contributed by atoms with van der Waals surface area (Å²) in [5.74, 6) is 0. The Bertz CT molecular complexity index is 1830. The normalized spacial score (nSPS) is 11.2. The van der Waals surface area contributed by atoms with Crippen LogP contribution in [-0.4, -0.2) is 0 Å².